The zero-order valence-corrected chi connectivity index (χ0v) is 13.1. The van der Waals surface area contributed by atoms with Crippen molar-refractivity contribution >= 4 is 6.01 Å². The van der Waals surface area contributed by atoms with Crippen molar-refractivity contribution in [2.24, 2.45) is 0 Å². The number of aromatic nitrogens is 3. The molecule has 0 atom stereocenters. The van der Waals surface area contributed by atoms with Crippen molar-refractivity contribution in [2.75, 3.05) is 5.32 Å². The molecule has 0 radical (unpaired) electrons. The Labute approximate surface area is 130 Å². The Morgan fingerprint density at radius 3 is 2.91 bits per heavy atom. The lowest BCUT2D eigenvalue weighted by atomic mass is 10.2. The second kappa shape index (κ2) is 6.77. The molecule has 1 fully saturated rings. The van der Waals surface area contributed by atoms with Gasteiger partial charge in [0.1, 0.15) is 6.10 Å². The quantitative estimate of drug-likeness (QED) is 0.880. The van der Waals surface area contributed by atoms with Gasteiger partial charge in [-0.15, -0.1) is 0 Å². The average molecular weight is 302 g/mol. The van der Waals surface area contributed by atoms with Crippen LogP contribution in [-0.2, 0) is 6.54 Å². The van der Waals surface area contributed by atoms with Gasteiger partial charge in [0.25, 0.3) is 0 Å². The SMILES string of the molecule is CC(C)c1noc(NCc2ccnc(OC3CCCC3)c2)n1. The van der Waals surface area contributed by atoms with Crippen LogP contribution in [-0.4, -0.2) is 21.2 Å². The third kappa shape index (κ3) is 3.75. The van der Waals surface area contributed by atoms with E-state index >= 15 is 0 Å². The minimum Gasteiger partial charge on any atom is -0.474 e. The number of nitrogens with zero attached hydrogens (tertiary/aromatic N) is 3. The molecule has 0 spiro atoms. The minimum atomic E-state index is 0.256. The Morgan fingerprint density at radius 1 is 1.36 bits per heavy atom. The zero-order chi connectivity index (χ0) is 15.4. The molecule has 22 heavy (non-hydrogen) atoms. The maximum absolute atomic E-state index is 5.91. The third-order valence-corrected chi connectivity index (χ3v) is 3.79. The first-order valence-corrected chi connectivity index (χ1v) is 7.90. The van der Waals surface area contributed by atoms with Gasteiger partial charge in [-0.3, -0.25) is 0 Å². The van der Waals surface area contributed by atoms with Crippen molar-refractivity contribution in [1.29, 1.82) is 0 Å². The van der Waals surface area contributed by atoms with Gasteiger partial charge in [-0.2, -0.15) is 4.98 Å². The second-order valence-electron chi connectivity index (χ2n) is 5.99. The molecule has 118 valence electrons. The maximum Gasteiger partial charge on any atom is 0.321 e. The van der Waals surface area contributed by atoms with Gasteiger partial charge in [0, 0.05) is 24.7 Å². The van der Waals surface area contributed by atoms with Gasteiger partial charge in [0.15, 0.2) is 5.82 Å². The summed E-state index contributed by atoms with van der Waals surface area (Å²) in [4.78, 5) is 8.58. The van der Waals surface area contributed by atoms with Crippen LogP contribution in [0.4, 0.5) is 6.01 Å². The fourth-order valence-electron chi connectivity index (χ4n) is 2.52. The standard InChI is InChI=1S/C16H22N4O2/c1-11(2)15-19-16(22-20-15)18-10-12-7-8-17-14(9-12)21-13-5-3-4-6-13/h7-9,11,13H,3-6,10H2,1-2H3,(H,18,19,20). The lowest BCUT2D eigenvalue weighted by Gasteiger charge is -2.12. The number of hydrogen-bond acceptors (Lipinski definition) is 6. The number of pyridine rings is 1. The van der Waals surface area contributed by atoms with E-state index in [1.54, 1.807) is 6.20 Å². The first-order valence-electron chi connectivity index (χ1n) is 7.90. The molecular formula is C16H22N4O2. The van der Waals surface area contributed by atoms with Gasteiger partial charge in [-0.1, -0.05) is 19.0 Å². The number of anilines is 1. The first kappa shape index (κ1) is 14.8. The third-order valence-electron chi connectivity index (χ3n) is 3.79. The van der Waals surface area contributed by atoms with Gasteiger partial charge in [-0.05, 0) is 37.3 Å². The Hall–Kier alpha value is -2.11. The van der Waals surface area contributed by atoms with Crippen LogP contribution in [0.2, 0.25) is 0 Å². The monoisotopic (exact) mass is 302 g/mol. The van der Waals surface area contributed by atoms with Gasteiger partial charge in [0.2, 0.25) is 5.88 Å². The molecule has 1 N–H and O–H groups in total. The van der Waals surface area contributed by atoms with E-state index in [1.807, 2.05) is 26.0 Å². The summed E-state index contributed by atoms with van der Waals surface area (Å²) in [6.45, 7) is 4.66. The molecule has 0 amide bonds. The smallest absolute Gasteiger partial charge is 0.321 e. The Morgan fingerprint density at radius 2 is 2.18 bits per heavy atom. The van der Waals surface area contributed by atoms with Gasteiger partial charge in [-0.25, -0.2) is 4.98 Å². The largest absolute Gasteiger partial charge is 0.474 e. The maximum atomic E-state index is 5.91. The molecule has 2 aromatic heterocycles. The topological polar surface area (TPSA) is 73.1 Å². The zero-order valence-electron chi connectivity index (χ0n) is 13.1. The van der Waals surface area contributed by atoms with Crippen LogP contribution in [0.25, 0.3) is 0 Å². The van der Waals surface area contributed by atoms with Gasteiger partial charge >= 0.3 is 6.01 Å². The number of ether oxygens (including phenoxy) is 1. The Balaban J connectivity index is 1.57. The van der Waals surface area contributed by atoms with Crippen LogP contribution in [0.1, 0.15) is 56.8 Å². The molecule has 2 heterocycles. The summed E-state index contributed by atoms with van der Waals surface area (Å²) in [5.41, 5.74) is 1.08. The highest BCUT2D eigenvalue weighted by Crippen LogP contribution is 2.23. The van der Waals surface area contributed by atoms with Crippen molar-refractivity contribution < 1.29 is 9.26 Å². The molecule has 0 aliphatic heterocycles. The van der Waals surface area contributed by atoms with Crippen molar-refractivity contribution in [1.82, 2.24) is 15.1 Å². The molecule has 0 unspecified atom stereocenters. The summed E-state index contributed by atoms with van der Waals surface area (Å²) in [5.74, 6) is 1.66. The van der Waals surface area contributed by atoms with E-state index in [1.165, 1.54) is 12.8 Å². The highest BCUT2D eigenvalue weighted by atomic mass is 16.5. The van der Waals surface area contributed by atoms with Crippen LogP contribution in [0.15, 0.2) is 22.9 Å². The highest BCUT2D eigenvalue weighted by molar-refractivity contribution is 5.26. The molecule has 3 rings (SSSR count). The summed E-state index contributed by atoms with van der Waals surface area (Å²) < 4.78 is 11.1. The summed E-state index contributed by atoms with van der Waals surface area (Å²) in [5, 5.41) is 7.06. The van der Waals surface area contributed by atoms with Crippen LogP contribution >= 0.6 is 0 Å². The molecule has 6 heteroatoms. The van der Waals surface area contributed by atoms with Gasteiger partial charge in [0.05, 0.1) is 0 Å². The normalized spacial score (nSPS) is 15.4. The summed E-state index contributed by atoms with van der Waals surface area (Å²) in [7, 11) is 0. The van der Waals surface area contributed by atoms with Crippen molar-refractivity contribution in [3.63, 3.8) is 0 Å². The van der Waals surface area contributed by atoms with Crippen molar-refractivity contribution in [2.45, 2.75) is 58.1 Å². The predicted molar refractivity (Wildman–Crippen MR) is 82.8 cm³/mol. The van der Waals surface area contributed by atoms with E-state index in [0.717, 1.165) is 18.4 Å². The Kier molecular flexibility index (Phi) is 4.56. The lowest BCUT2D eigenvalue weighted by molar-refractivity contribution is 0.201. The highest BCUT2D eigenvalue weighted by Gasteiger charge is 2.17. The first-order chi connectivity index (χ1) is 10.7. The number of rotatable bonds is 6. The molecular weight excluding hydrogens is 280 g/mol. The fraction of sp³-hybridized carbons (Fsp3) is 0.562. The van der Waals surface area contributed by atoms with Crippen molar-refractivity contribution in [3.8, 4) is 5.88 Å². The van der Waals surface area contributed by atoms with Crippen molar-refractivity contribution in [3.05, 3.63) is 29.7 Å². The molecule has 1 aliphatic rings. The second-order valence-corrected chi connectivity index (χ2v) is 5.99. The molecule has 0 saturated heterocycles. The van der Waals surface area contributed by atoms with Gasteiger partial charge < -0.3 is 14.6 Å². The summed E-state index contributed by atoms with van der Waals surface area (Å²) in [6.07, 6.45) is 6.85. The molecule has 1 aliphatic carbocycles. The van der Waals surface area contributed by atoms with E-state index in [2.05, 4.69) is 20.4 Å². The molecule has 6 nitrogen and oxygen atoms in total. The van der Waals surface area contributed by atoms with Crippen LogP contribution < -0.4 is 10.1 Å². The summed E-state index contributed by atoms with van der Waals surface area (Å²) in [6, 6.07) is 4.36. The van der Waals surface area contributed by atoms with E-state index in [4.69, 9.17) is 9.26 Å². The van der Waals surface area contributed by atoms with Crippen LogP contribution in [0.5, 0.6) is 5.88 Å². The van der Waals surface area contributed by atoms with E-state index in [0.29, 0.717) is 30.4 Å². The Bertz CT molecular complexity index is 606. The summed E-state index contributed by atoms with van der Waals surface area (Å²) >= 11 is 0. The molecule has 0 bridgehead atoms. The van der Waals surface area contributed by atoms with E-state index in [9.17, 15) is 0 Å². The lowest BCUT2D eigenvalue weighted by Crippen LogP contribution is -2.12. The number of nitrogens with one attached hydrogen (secondary N) is 1. The van der Waals surface area contributed by atoms with E-state index in [-0.39, 0.29) is 5.92 Å². The molecule has 1 saturated carbocycles. The average Bonchev–Trinajstić information content (AvgIpc) is 3.17. The molecule has 0 aromatic carbocycles. The fourth-order valence-corrected chi connectivity index (χ4v) is 2.52. The van der Waals surface area contributed by atoms with Crippen LogP contribution in [0.3, 0.4) is 0 Å². The van der Waals surface area contributed by atoms with E-state index < -0.39 is 0 Å². The van der Waals surface area contributed by atoms with Crippen LogP contribution in [0, 0.1) is 0 Å². The molecule has 2 aromatic rings. The predicted octanol–water partition coefficient (Wildman–Crippen LogP) is 3.52. The minimum absolute atomic E-state index is 0.256. The number of hydrogen-bond donors (Lipinski definition) is 1.